The number of hydrogen-bond acceptors (Lipinski definition) is 5. The van der Waals surface area contributed by atoms with Crippen molar-refractivity contribution in [3.05, 3.63) is 41.9 Å². The molecular formula is C34H49N5O. The topological polar surface area (TPSA) is 85.9 Å². The quantitative estimate of drug-likeness (QED) is 0.229. The fraction of sp³-hybridized carbons (Fsp3) is 0.647. The molecule has 3 aromatic heterocycles. The second kappa shape index (κ2) is 11.8. The molecule has 216 valence electrons. The molecule has 6 heteroatoms. The Kier molecular flexibility index (Phi) is 8.18. The molecule has 3 fully saturated rings. The van der Waals surface area contributed by atoms with Crippen LogP contribution in [0.3, 0.4) is 0 Å². The van der Waals surface area contributed by atoms with Crippen LogP contribution in [0, 0.1) is 23.2 Å². The number of nitrogens with zero attached hydrogens (tertiary/aromatic N) is 2. The van der Waals surface area contributed by atoms with Crippen LogP contribution in [-0.2, 0) is 13.0 Å². The lowest BCUT2D eigenvalue weighted by Gasteiger charge is -2.47. The lowest BCUT2D eigenvalue weighted by molar-refractivity contribution is 0.0463. The molecule has 40 heavy (non-hydrogen) atoms. The molecule has 0 radical (unpaired) electrons. The number of aromatic amines is 1. The van der Waals surface area contributed by atoms with Crippen LogP contribution in [0.1, 0.15) is 96.2 Å². The Bertz CT molecular complexity index is 1260. The molecular weight excluding hydrogens is 494 g/mol. The van der Waals surface area contributed by atoms with Crippen LogP contribution >= 0.6 is 0 Å². The lowest BCUT2D eigenvalue weighted by atomic mass is 9.59. The van der Waals surface area contributed by atoms with Crippen molar-refractivity contribution in [1.82, 2.24) is 20.3 Å². The monoisotopic (exact) mass is 543 g/mol. The van der Waals surface area contributed by atoms with Crippen LogP contribution in [0.25, 0.3) is 22.3 Å². The maximum absolute atomic E-state index is 10.0. The van der Waals surface area contributed by atoms with E-state index in [1.165, 1.54) is 43.4 Å². The Hall–Kier alpha value is -2.44. The highest BCUT2D eigenvalue weighted by Gasteiger charge is 2.40. The summed E-state index contributed by atoms with van der Waals surface area (Å²) in [6.45, 7) is 9.12. The first-order valence-electron chi connectivity index (χ1n) is 16.0. The number of aromatic nitrogens is 3. The van der Waals surface area contributed by atoms with E-state index in [1.807, 2.05) is 12.4 Å². The van der Waals surface area contributed by atoms with Gasteiger partial charge in [0.05, 0.1) is 17.5 Å². The lowest BCUT2D eigenvalue weighted by Crippen LogP contribution is -2.41. The summed E-state index contributed by atoms with van der Waals surface area (Å²) in [7, 11) is 0. The molecule has 3 heterocycles. The van der Waals surface area contributed by atoms with Gasteiger partial charge in [-0.15, -0.1) is 0 Å². The molecule has 6 rings (SSSR count). The van der Waals surface area contributed by atoms with Gasteiger partial charge < -0.3 is 20.7 Å². The second-order valence-electron chi connectivity index (χ2n) is 13.9. The van der Waals surface area contributed by atoms with Gasteiger partial charge in [0.2, 0.25) is 0 Å². The first kappa shape index (κ1) is 27.7. The van der Waals surface area contributed by atoms with Crippen LogP contribution in [0.2, 0.25) is 0 Å². The van der Waals surface area contributed by atoms with Gasteiger partial charge in [-0.1, -0.05) is 33.3 Å². The minimum absolute atomic E-state index is 0.162. The molecule has 2 bridgehead atoms. The first-order valence-corrected chi connectivity index (χ1v) is 16.0. The van der Waals surface area contributed by atoms with Gasteiger partial charge in [-0.05, 0) is 105 Å². The number of hydrogen-bond donors (Lipinski definition) is 4. The fourth-order valence-corrected chi connectivity index (χ4v) is 8.36. The zero-order valence-electron chi connectivity index (χ0n) is 24.8. The summed E-state index contributed by atoms with van der Waals surface area (Å²) in [6.07, 6.45) is 16.7. The van der Waals surface area contributed by atoms with Gasteiger partial charge in [-0.25, -0.2) is 4.98 Å². The summed E-state index contributed by atoms with van der Waals surface area (Å²) in [4.78, 5) is 13.2. The minimum Gasteiger partial charge on any atom is -0.393 e. The predicted octanol–water partition coefficient (Wildman–Crippen LogP) is 7.23. The molecule has 3 aromatic rings. The van der Waals surface area contributed by atoms with Crippen molar-refractivity contribution in [2.45, 2.75) is 110 Å². The maximum atomic E-state index is 10.0. The van der Waals surface area contributed by atoms with E-state index in [2.05, 4.69) is 54.6 Å². The van der Waals surface area contributed by atoms with Crippen LogP contribution in [0.15, 0.2) is 30.6 Å². The van der Waals surface area contributed by atoms with Gasteiger partial charge in [0.15, 0.2) is 0 Å². The van der Waals surface area contributed by atoms with E-state index in [-0.39, 0.29) is 6.10 Å². The highest BCUT2D eigenvalue weighted by atomic mass is 16.3. The SMILES string of the molecule is CCCc1cc2c(NC3CCC(O)CC3)c(-c3ccc(CNCC4(C)C[C@@H]5CC(C)C[C@@H](C5)C4)cn3)cnc2[nH]1. The third-order valence-electron chi connectivity index (χ3n) is 9.96. The molecule has 3 aliphatic rings. The Labute approximate surface area is 240 Å². The number of aliphatic hydroxyl groups excluding tert-OH is 1. The number of aryl methyl sites for hydroxylation is 1. The third kappa shape index (κ3) is 6.23. The maximum Gasteiger partial charge on any atom is 0.139 e. The van der Waals surface area contributed by atoms with Crippen molar-refractivity contribution < 1.29 is 5.11 Å². The summed E-state index contributed by atoms with van der Waals surface area (Å²) in [5.41, 5.74) is 6.93. The average molecular weight is 544 g/mol. The highest BCUT2D eigenvalue weighted by Crippen LogP contribution is 2.50. The molecule has 2 unspecified atom stereocenters. The second-order valence-corrected chi connectivity index (χ2v) is 13.9. The molecule has 0 saturated heterocycles. The Morgan fingerprint density at radius 1 is 1.02 bits per heavy atom. The molecule has 0 amide bonds. The van der Waals surface area contributed by atoms with Crippen LogP contribution in [0.5, 0.6) is 0 Å². The Morgan fingerprint density at radius 2 is 1.80 bits per heavy atom. The van der Waals surface area contributed by atoms with Gasteiger partial charge in [0.1, 0.15) is 5.65 Å². The van der Waals surface area contributed by atoms with E-state index < -0.39 is 0 Å². The number of aliphatic hydroxyl groups is 1. The van der Waals surface area contributed by atoms with Crippen LogP contribution < -0.4 is 10.6 Å². The van der Waals surface area contributed by atoms with Gasteiger partial charge in [-0.3, -0.25) is 4.98 Å². The van der Waals surface area contributed by atoms with Gasteiger partial charge >= 0.3 is 0 Å². The normalized spacial score (nSPS) is 30.4. The van der Waals surface area contributed by atoms with Crippen LogP contribution in [-0.4, -0.2) is 38.7 Å². The molecule has 3 aliphatic carbocycles. The van der Waals surface area contributed by atoms with Crippen molar-refractivity contribution in [2.24, 2.45) is 23.2 Å². The molecule has 6 nitrogen and oxygen atoms in total. The van der Waals surface area contributed by atoms with Crippen molar-refractivity contribution >= 4 is 16.7 Å². The zero-order chi connectivity index (χ0) is 27.7. The Morgan fingerprint density at radius 3 is 2.50 bits per heavy atom. The number of fused-ring (bicyclic) bond motifs is 3. The predicted molar refractivity (Wildman–Crippen MR) is 164 cm³/mol. The van der Waals surface area contributed by atoms with Gasteiger partial charge in [0.25, 0.3) is 0 Å². The summed E-state index contributed by atoms with van der Waals surface area (Å²) in [5, 5.41) is 18.8. The van der Waals surface area contributed by atoms with E-state index in [4.69, 9.17) is 9.97 Å². The molecule has 0 aromatic carbocycles. The number of pyridine rings is 2. The first-order chi connectivity index (χ1) is 19.4. The Balaban J connectivity index is 1.16. The summed E-state index contributed by atoms with van der Waals surface area (Å²) < 4.78 is 0. The van der Waals surface area contributed by atoms with Crippen LogP contribution in [0.4, 0.5) is 5.69 Å². The van der Waals surface area contributed by atoms with Crippen molar-refractivity contribution in [3.8, 4) is 11.3 Å². The average Bonchev–Trinajstić information content (AvgIpc) is 3.33. The standard InChI is InChI=1S/C34H49N5O/c1-4-5-27-15-29-32(38-26-7-9-28(40)10-8-26)30(20-37-33(29)39-27)31-11-6-23(19-36-31)18-35-21-34(3)16-24-12-22(2)13-25(14-24)17-34/h6,11,15,19-20,22,24-26,28,35,40H,4-5,7-10,12-14,16-18,21H2,1-3H3,(H2,37,38,39)/t22?,24-,25+,26?,28?,34?. The molecule has 4 atom stereocenters. The number of H-pyrrole nitrogens is 1. The molecule has 4 N–H and O–H groups in total. The minimum atomic E-state index is -0.162. The summed E-state index contributed by atoms with van der Waals surface area (Å²) >= 11 is 0. The zero-order valence-corrected chi connectivity index (χ0v) is 24.8. The van der Waals surface area contributed by atoms with E-state index >= 15 is 0 Å². The van der Waals surface area contributed by atoms with Crippen molar-refractivity contribution in [2.75, 3.05) is 11.9 Å². The number of rotatable bonds is 9. The van der Waals surface area contributed by atoms with Gasteiger partial charge in [0, 0.05) is 48.2 Å². The fourth-order valence-electron chi connectivity index (χ4n) is 8.36. The van der Waals surface area contributed by atoms with E-state index in [1.54, 1.807) is 0 Å². The molecule has 0 spiro atoms. The van der Waals surface area contributed by atoms with E-state index in [9.17, 15) is 5.11 Å². The van der Waals surface area contributed by atoms with Gasteiger partial charge in [-0.2, -0.15) is 0 Å². The molecule has 3 saturated carbocycles. The summed E-state index contributed by atoms with van der Waals surface area (Å²) in [6, 6.07) is 6.99. The largest absolute Gasteiger partial charge is 0.393 e. The number of nitrogens with one attached hydrogen (secondary N) is 3. The smallest absolute Gasteiger partial charge is 0.139 e. The van der Waals surface area contributed by atoms with Crippen molar-refractivity contribution in [1.29, 1.82) is 0 Å². The van der Waals surface area contributed by atoms with Crippen molar-refractivity contribution in [3.63, 3.8) is 0 Å². The number of anilines is 1. The summed E-state index contributed by atoms with van der Waals surface area (Å²) in [5.74, 6) is 2.78. The highest BCUT2D eigenvalue weighted by molar-refractivity contribution is 5.98. The van der Waals surface area contributed by atoms with E-state index in [0.717, 1.165) is 97.3 Å². The van der Waals surface area contributed by atoms with E-state index in [0.29, 0.717) is 11.5 Å². The third-order valence-corrected chi connectivity index (χ3v) is 9.96. The molecule has 0 aliphatic heterocycles.